The summed E-state index contributed by atoms with van der Waals surface area (Å²) in [5, 5.41) is 9.47. The van der Waals surface area contributed by atoms with Gasteiger partial charge in [0.1, 0.15) is 5.82 Å². The predicted molar refractivity (Wildman–Crippen MR) is 138 cm³/mol. The fourth-order valence-electron chi connectivity index (χ4n) is 4.22. The van der Waals surface area contributed by atoms with Gasteiger partial charge in [0.05, 0.1) is 6.54 Å². The molecule has 1 unspecified atom stereocenters. The molecule has 3 N–H and O–H groups in total. The van der Waals surface area contributed by atoms with Crippen molar-refractivity contribution >= 4 is 47.6 Å². The quantitative estimate of drug-likeness (QED) is 0.273. The number of aryl methyl sites for hydroxylation is 1. The molecule has 2 aliphatic rings. The molecule has 0 bridgehead atoms. The number of carbonyl (C=O) groups is 2. The van der Waals surface area contributed by atoms with Crippen LogP contribution in [-0.4, -0.2) is 59.9 Å². The van der Waals surface area contributed by atoms with Gasteiger partial charge in [-0.15, -0.1) is 24.0 Å². The molecule has 0 aromatic carbocycles. The number of aliphatic imine (C=N–C) groups is 1. The molecule has 0 spiro atoms. The third-order valence-corrected chi connectivity index (χ3v) is 5.93. The number of nitrogens with one attached hydrogen (secondary N) is 3. The molecular weight excluding hydrogens is 519 g/mol. The molecule has 178 valence electrons. The summed E-state index contributed by atoms with van der Waals surface area (Å²) in [5.41, 5.74) is 1.05. The molecule has 1 aromatic heterocycles. The number of carbonyl (C=O) groups excluding carboxylic acids is 2. The Labute approximate surface area is 208 Å². The van der Waals surface area contributed by atoms with Gasteiger partial charge >= 0.3 is 0 Å². The van der Waals surface area contributed by atoms with Crippen molar-refractivity contribution in [1.82, 2.24) is 20.5 Å². The maximum Gasteiger partial charge on any atom is 0.227 e. The average Bonchev–Trinajstić information content (AvgIpc) is 3.24. The zero-order valence-corrected chi connectivity index (χ0v) is 21.6. The average molecular weight is 556 g/mol. The van der Waals surface area contributed by atoms with Crippen molar-refractivity contribution in [2.45, 2.75) is 64.8 Å². The lowest BCUT2D eigenvalue weighted by Gasteiger charge is -2.26. The Morgan fingerprint density at radius 3 is 2.66 bits per heavy atom. The first-order valence-electron chi connectivity index (χ1n) is 11.6. The van der Waals surface area contributed by atoms with Crippen LogP contribution in [0.2, 0.25) is 0 Å². The number of hydrogen-bond donors (Lipinski definition) is 3. The van der Waals surface area contributed by atoms with Gasteiger partial charge in [-0.2, -0.15) is 0 Å². The second-order valence-electron chi connectivity index (χ2n) is 8.53. The zero-order valence-electron chi connectivity index (χ0n) is 19.2. The van der Waals surface area contributed by atoms with E-state index in [2.05, 4.69) is 25.9 Å². The molecule has 2 fully saturated rings. The first-order chi connectivity index (χ1) is 15.0. The second kappa shape index (κ2) is 13.6. The molecular formula is C23H37IN6O2. The topological polar surface area (TPSA) is 98.7 Å². The molecule has 1 aliphatic carbocycles. The fourth-order valence-corrected chi connectivity index (χ4v) is 4.22. The molecule has 32 heavy (non-hydrogen) atoms. The van der Waals surface area contributed by atoms with Crippen LogP contribution in [0.4, 0.5) is 5.82 Å². The summed E-state index contributed by atoms with van der Waals surface area (Å²) in [6.07, 6.45) is 8.62. The van der Waals surface area contributed by atoms with E-state index in [1.165, 1.54) is 19.3 Å². The van der Waals surface area contributed by atoms with E-state index in [0.29, 0.717) is 24.2 Å². The second-order valence-corrected chi connectivity index (χ2v) is 8.53. The number of amides is 2. The third kappa shape index (κ3) is 8.22. The van der Waals surface area contributed by atoms with Crippen molar-refractivity contribution in [3.05, 3.63) is 23.9 Å². The molecule has 0 radical (unpaired) electrons. The molecule has 1 aromatic rings. The number of aromatic nitrogens is 1. The minimum atomic E-state index is -0.110. The summed E-state index contributed by atoms with van der Waals surface area (Å²) in [6, 6.07) is 3.90. The molecule has 1 saturated carbocycles. The highest BCUT2D eigenvalue weighted by Gasteiger charge is 2.31. The number of rotatable bonds is 7. The van der Waals surface area contributed by atoms with E-state index in [0.717, 1.165) is 44.5 Å². The van der Waals surface area contributed by atoms with Gasteiger partial charge in [-0.05, 0) is 44.7 Å². The third-order valence-electron chi connectivity index (χ3n) is 5.93. The lowest BCUT2D eigenvalue weighted by Crippen LogP contribution is -2.45. The highest BCUT2D eigenvalue weighted by molar-refractivity contribution is 14.0. The Morgan fingerprint density at radius 1 is 1.19 bits per heavy atom. The molecule has 1 aliphatic heterocycles. The summed E-state index contributed by atoms with van der Waals surface area (Å²) in [7, 11) is 0. The van der Waals surface area contributed by atoms with Crippen molar-refractivity contribution in [3.8, 4) is 0 Å². The Balaban J connectivity index is 0.00000363. The summed E-state index contributed by atoms with van der Waals surface area (Å²) in [5.74, 6) is 1.68. The highest BCUT2D eigenvalue weighted by Crippen LogP contribution is 2.26. The maximum atomic E-state index is 12.8. The van der Waals surface area contributed by atoms with Crippen molar-refractivity contribution in [3.63, 3.8) is 0 Å². The zero-order chi connectivity index (χ0) is 22.1. The number of guanidine groups is 1. The van der Waals surface area contributed by atoms with E-state index in [9.17, 15) is 9.59 Å². The Kier molecular flexibility index (Phi) is 11.2. The number of anilines is 1. The van der Waals surface area contributed by atoms with Crippen LogP contribution >= 0.6 is 24.0 Å². The smallest absolute Gasteiger partial charge is 0.227 e. The molecule has 2 heterocycles. The van der Waals surface area contributed by atoms with Gasteiger partial charge in [0.15, 0.2) is 5.96 Å². The predicted octanol–water partition coefficient (Wildman–Crippen LogP) is 3.07. The minimum Gasteiger partial charge on any atom is -0.357 e. The highest BCUT2D eigenvalue weighted by atomic mass is 127. The standard InChI is InChI=1S/C23H36N6O2.HI/c1-3-24-23(25-13-11-21(30)28-20-10-9-17(2)15-26-20)27-19-12-14-29(16-19)22(31)18-7-5-4-6-8-18;/h9-10,15,18-19H,3-8,11-14,16H2,1-2H3,(H2,24,25,27)(H,26,28,30);1H. The van der Waals surface area contributed by atoms with Crippen molar-refractivity contribution in [1.29, 1.82) is 0 Å². The summed E-state index contributed by atoms with van der Waals surface area (Å²) in [4.78, 5) is 35.7. The first-order valence-corrected chi connectivity index (χ1v) is 11.6. The van der Waals surface area contributed by atoms with Crippen LogP contribution in [0.1, 0.15) is 57.4 Å². The summed E-state index contributed by atoms with van der Waals surface area (Å²) in [6.45, 7) is 6.61. The van der Waals surface area contributed by atoms with Crippen molar-refractivity contribution < 1.29 is 9.59 Å². The lowest BCUT2D eigenvalue weighted by molar-refractivity contribution is -0.135. The molecule has 2 amide bonds. The SMILES string of the molecule is CCNC(=NCCC(=O)Nc1ccc(C)cn1)NC1CCN(C(=O)C2CCCCC2)C1.I. The van der Waals surface area contributed by atoms with E-state index >= 15 is 0 Å². The Bertz CT molecular complexity index is 764. The van der Waals surface area contributed by atoms with Crippen LogP contribution < -0.4 is 16.0 Å². The summed E-state index contributed by atoms with van der Waals surface area (Å²) < 4.78 is 0. The molecule has 3 rings (SSSR count). The fraction of sp³-hybridized carbons (Fsp3) is 0.652. The molecule has 1 atom stereocenters. The Hall–Kier alpha value is -1.91. The first kappa shape index (κ1) is 26.3. The largest absolute Gasteiger partial charge is 0.357 e. The number of likely N-dealkylation sites (tertiary alicyclic amines) is 1. The number of pyridine rings is 1. The number of nitrogens with zero attached hydrogens (tertiary/aromatic N) is 3. The van der Waals surface area contributed by atoms with Crippen LogP contribution in [0.15, 0.2) is 23.3 Å². The van der Waals surface area contributed by atoms with Crippen LogP contribution in [0, 0.1) is 12.8 Å². The maximum absolute atomic E-state index is 12.8. The number of halogens is 1. The molecule has 8 nitrogen and oxygen atoms in total. The minimum absolute atomic E-state index is 0. The monoisotopic (exact) mass is 556 g/mol. The molecule has 9 heteroatoms. The van der Waals surface area contributed by atoms with Gasteiger partial charge in [0, 0.05) is 44.2 Å². The van der Waals surface area contributed by atoms with E-state index in [1.807, 2.05) is 24.8 Å². The van der Waals surface area contributed by atoms with Crippen molar-refractivity contribution in [2.24, 2.45) is 10.9 Å². The van der Waals surface area contributed by atoms with Crippen LogP contribution in [0.5, 0.6) is 0 Å². The van der Waals surface area contributed by atoms with E-state index in [4.69, 9.17) is 0 Å². The van der Waals surface area contributed by atoms with Gasteiger partial charge in [-0.3, -0.25) is 14.6 Å². The number of hydrogen-bond acceptors (Lipinski definition) is 4. The van der Waals surface area contributed by atoms with Gasteiger partial charge < -0.3 is 20.9 Å². The van der Waals surface area contributed by atoms with Gasteiger partial charge in [0.2, 0.25) is 11.8 Å². The van der Waals surface area contributed by atoms with Crippen LogP contribution in [0.25, 0.3) is 0 Å². The van der Waals surface area contributed by atoms with Gasteiger partial charge in [0.25, 0.3) is 0 Å². The van der Waals surface area contributed by atoms with Gasteiger partial charge in [-0.1, -0.05) is 25.3 Å². The van der Waals surface area contributed by atoms with Crippen LogP contribution in [-0.2, 0) is 9.59 Å². The van der Waals surface area contributed by atoms with Crippen molar-refractivity contribution in [2.75, 3.05) is 31.5 Å². The van der Waals surface area contributed by atoms with Crippen LogP contribution in [0.3, 0.4) is 0 Å². The summed E-state index contributed by atoms with van der Waals surface area (Å²) >= 11 is 0. The van der Waals surface area contributed by atoms with E-state index in [1.54, 1.807) is 12.3 Å². The molecule has 1 saturated heterocycles. The normalized spacial score (nSPS) is 19.2. The van der Waals surface area contributed by atoms with E-state index < -0.39 is 0 Å². The lowest BCUT2D eigenvalue weighted by atomic mass is 9.88. The van der Waals surface area contributed by atoms with Gasteiger partial charge in [-0.25, -0.2) is 4.98 Å². The Morgan fingerprint density at radius 2 is 1.97 bits per heavy atom. The van der Waals surface area contributed by atoms with E-state index in [-0.39, 0.29) is 48.3 Å².